The summed E-state index contributed by atoms with van der Waals surface area (Å²) in [6.07, 6.45) is -2.41. The van der Waals surface area contributed by atoms with Gasteiger partial charge in [-0.25, -0.2) is 10.5 Å². The van der Waals surface area contributed by atoms with E-state index in [1.165, 1.54) is 4.90 Å². The maximum atomic E-state index is 12.6. The standard InChI is InChI=1S/C18H19F3N4O2/c19-18(20,21)10-24-6-7-25-8-12(22-13(25)9-24)15-14(16(15)17(26)23-27)11-4-2-1-3-5-11/h1-5,8,14-16,27H,6-7,9-10H2,(H,23,26). The minimum absolute atomic E-state index is 0.110. The number of hydrogen-bond acceptors (Lipinski definition) is 4. The second-order valence-corrected chi connectivity index (χ2v) is 7.07. The number of amides is 1. The van der Waals surface area contributed by atoms with Crippen molar-refractivity contribution in [3.05, 3.63) is 53.6 Å². The molecular weight excluding hydrogens is 361 g/mol. The smallest absolute Gasteiger partial charge is 0.332 e. The molecule has 0 bridgehead atoms. The minimum Gasteiger partial charge on any atom is -0.332 e. The average Bonchev–Trinajstić information content (AvgIpc) is 3.24. The van der Waals surface area contributed by atoms with Crippen molar-refractivity contribution in [3.63, 3.8) is 0 Å². The van der Waals surface area contributed by atoms with Crippen LogP contribution < -0.4 is 5.48 Å². The highest BCUT2D eigenvalue weighted by atomic mass is 19.4. The van der Waals surface area contributed by atoms with Gasteiger partial charge in [-0.1, -0.05) is 30.3 Å². The molecule has 1 aromatic heterocycles. The quantitative estimate of drug-likeness (QED) is 0.631. The third-order valence-electron chi connectivity index (χ3n) is 5.26. The Hall–Kier alpha value is -2.39. The SMILES string of the molecule is O=C(NO)C1C(c2ccccc2)C1c1cn2c(n1)CN(CC(F)(F)F)CC2. The Kier molecular flexibility index (Phi) is 4.43. The summed E-state index contributed by atoms with van der Waals surface area (Å²) in [5.74, 6) is -0.656. The Morgan fingerprint density at radius 1 is 1.22 bits per heavy atom. The summed E-state index contributed by atoms with van der Waals surface area (Å²) in [7, 11) is 0. The molecule has 2 heterocycles. The number of rotatable bonds is 4. The van der Waals surface area contributed by atoms with Crippen LogP contribution in [0.5, 0.6) is 0 Å². The lowest BCUT2D eigenvalue weighted by molar-refractivity contribution is -0.148. The molecule has 27 heavy (non-hydrogen) atoms. The second-order valence-electron chi connectivity index (χ2n) is 7.07. The molecule has 2 aromatic rings. The van der Waals surface area contributed by atoms with Crippen LogP contribution in [0.2, 0.25) is 0 Å². The van der Waals surface area contributed by atoms with Crippen molar-refractivity contribution in [1.29, 1.82) is 0 Å². The van der Waals surface area contributed by atoms with E-state index in [0.717, 1.165) is 5.56 Å². The molecule has 3 atom stereocenters. The fourth-order valence-corrected chi connectivity index (χ4v) is 4.04. The summed E-state index contributed by atoms with van der Waals surface area (Å²) in [5.41, 5.74) is 3.37. The molecule has 1 aliphatic heterocycles. The zero-order chi connectivity index (χ0) is 19.2. The van der Waals surface area contributed by atoms with Gasteiger partial charge in [-0.2, -0.15) is 13.2 Å². The lowest BCUT2D eigenvalue weighted by atomic mass is 10.1. The van der Waals surface area contributed by atoms with Crippen molar-refractivity contribution in [2.75, 3.05) is 13.1 Å². The maximum absolute atomic E-state index is 12.6. The number of benzene rings is 1. The number of halogens is 3. The molecule has 1 aliphatic carbocycles. The summed E-state index contributed by atoms with van der Waals surface area (Å²) in [4.78, 5) is 17.9. The monoisotopic (exact) mass is 380 g/mol. The van der Waals surface area contributed by atoms with Crippen molar-refractivity contribution < 1.29 is 23.2 Å². The Morgan fingerprint density at radius 3 is 2.63 bits per heavy atom. The molecule has 144 valence electrons. The van der Waals surface area contributed by atoms with Gasteiger partial charge in [0, 0.05) is 31.1 Å². The van der Waals surface area contributed by atoms with Gasteiger partial charge in [0.2, 0.25) is 5.91 Å². The largest absolute Gasteiger partial charge is 0.401 e. The van der Waals surface area contributed by atoms with Crippen molar-refractivity contribution in [3.8, 4) is 0 Å². The molecule has 0 saturated heterocycles. The van der Waals surface area contributed by atoms with E-state index < -0.39 is 24.5 Å². The van der Waals surface area contributed by atoms with E-state index in [1.807, 2.05) is 41.1 Å². The first-order valence-corrected chi connectivity index (χ1v) is 8.71. The number of nitrogens with zero attached hydrogens (tertiary/aromatic N) is 3. The molecule has 1 fully saturated rings. The summed E-state index contributed by atoms with van der Waals surface area (Å²) in [6.45, 7) is -0.104. The second kappa shape index (κ2) is 6.65. The van der Waals surface area contributed by atoms with Gasteiger partial charge in [-0.05, 0) is 5.56 Å². The number of alkyl halides is 3. The van der Waals surface area contributed by atoms with Crippen LogP contribution >= 0.6 is 0 Å². The van der Waals surface area contributed by atoms with Crippen molar-refractivity contribution in [2.45, 2.75) is 31.1 Å². The molecule has 1 amide bonds. The average molecular weight is 380 g/mol. The number of carbonyl (C=O) groups is 1. The van der Waals surface area contributed by atoms with Gasteiger partial charge in [0.05, 0.1) is 24.7 Å². The van der Waals surface area contributed by atoms with Gasteiger partial charge in [0.15, 0.2) is 0 Å². The molecule has 3 unspecified atom stereocenters. The fraction of sp³-hybridized carbons (Fsp3) is 0.444. The minimum atomic E-state index is -4.24. The Balaban J connectivity index is 1.56. The van der Waals surface area contributed by atoms with Gasteiger partial charge in [0.25, 0.3) is 0 Å². The lowest BCUT2D eigenvalue weighted by Gasteiger charge is -2.27. The summed E-state index contributed by atoms with van der Waals surface area (Å²) >= 11 is 0. The number of imidazole rings is 1. The first kappa shape index (κ1) is 18.0. The van der Waals surface area contributed by atoms with Crippen LogP contribution in [0.4, 0.5) is 13.2 Å². The number of hydrogen-bond donors (Lipinski definition) is 2. The first-order chi connectivity index (χ1) is 12.9. The van der Waals surface area contributed by atoms with Crippen molar-refractivity contribution >= 4 is 5.91 Å². The van der Waals surface area contributed by atoms with E-state index >= 15 is 0 Å². The lowest BCUT2D eigenvalue weighted by Crippen LogP contribution is -2.39. The molecule has 9 heteroatoms. The Morgan fingerprint density at radius 2 is 1.96 bits per heavy atom. The number of carbonyl (C=O) groups excluding carboxylic acids is 1. The molecule has 1 saturated carbocycles. The molecule has 4 rings (SSSR count). The zero-order valence-electron chi connectivity index (χ0n) is 14.4. The predicted molar refractivity (Wildman–Crippen MR) is 88.9 cm³/mol. The van der Waals surface area contributed by atoms with Crippen LogP contribution in [-0.2, 0) is 17.9 Å². The van der Waals surface area contributed by atoms with E-state index in [4.69, 9.17) is 5.21 Å². The molecule has 0 radical (unpaired) electrons. The highest BCUT2D eigenvalue weighted by molar-refractivity contribution is 5.84. The number of nitrogens with one attached hydrogen (secondary N) is 1. The van der Waals surface area contributed by atoms with Gasteiger partial charge in [-0.3, -0.25) is 14.9 Å². The fourth-order valence-electron chi connectivity index (χ4n) is 4.04. The van der Waals surface area contributed by atoms with Crippen LogP contribution in [-0.4, -0.2) is 44.8 Å². The van der Waals surface area contributed by atoms with E-state index in [9.17, 15) is 18.0 Å². The van der Waals surface area contributed by atoms with Gasteiger partial charge < -0.3 is 4.57 Å². The summed E-state index contributed by atoms with van der Waals surface area (Å²) < 4.78 is 39.8. The molecular formula is C18H19F3N4O2. The van der Waals surface area contributed by atoms with Crippen molar-refractivity contribution in [2.24, 2.45) is 5.92 Å². The van der Waals surface area contributed by atoms with Crippen LogP contribution in [0.3, 0.4) is 0 Å². The number of hydroxylamine groups is 1. The van der Waals surface area contributed by atoms with Gasteiger partial charge in [-0.15, -0.1) is 0 Å². The summed E-state index contributed by atoms with van der Waals surface area (Å²) in [6, 6.07) is 9.48. The molecule has 6 nitrogen and oxygen atoms in total. The van der Waals surface area contributed by atoms with Crippen LogP contribution in [0.15, 0.2) is 36.5 Å². The number of fused-ring (bicyclic) bond motifs is 1. The highest BCUT2D eigenvalue weighted by Crippen LogP contribution is 2.60. The molecule has 2 N–H and O–H groups in total. The third-order valence-corrected chi connectivity index (χ3v) is 5.26. The normalized spacial score (nSPS) is 25.1. The Bertz CT molecular complexity index is 837. The maximum Gasteiger partial charge on any atom is 0.401 e. The summed E-state index contributed by atoms with van der Waals surface area (Å²) in [5, 5.41) is 9.04. The molecule has 1 aromatic carbocycles. The van der Waals surface area contributed by atoms with Gasteiger partial charge >= 0.3 is 6.18 Å². The van der Waals surface area contributed by atoms with E-state index in [1.54, 1.807) is 5.48 Å². The van der Waals surface area contributed by atoms with Gasteiger partial charge in [0.1, 0.15) is 5.82 Å². The molecule has 2 aliphatic rings. The van der Waals surface area contributed by atoms with Crippen molar-refractivity contribution in [1.82, 2.24) is 19.9 Å². The zero-order valence-corrected chi connectivity index (χ0v) is 14.4. The highest BCUT2D eigenvalue weighted by Gasteiger charge is 2.57. The Labute approximate surface area is 153 Å². The first-order valence-electron chi connectivity index (χ1n) is 8.71. The van der Waals surface area contributed by atoms with Crippen LogP contribution in [0.1, 0.15) is 28.9 Å². The van der Waals surface area contributed by atoms with E-state index in [0.29, 0.717) is 24.6 Å². The number of aromatic nitrogens is 2. The van der Waals surface area contributed by atoms with Crippen LogP contribution in [0.25, 0.3) is 0 Å². The third kappa shape index (κ3) is 3.57. The van der Waals surface area contributed by atoms with E-state index in [2.05, 4.69) is 4.98 Å². The molecule has 0 spiro atoms. The van der Waals surface area contributed by atoms with Crippen LogP contribution in [0, 0.1) is 5.92 Å². The predicted octanol–water partition coefficient (Wildman–Crippen LogP) is 2.26. The topological polar surface area (TPSA) is 70.4 Å². The van der Waals surface area contributed by atoms with E-state index in [-0.39, 0.29) is 18.4 Å².